The van der Waals surface area contributed by atoms with Crippen LogP contribution in [0.15, 0.2) is 57.6 Å². The number of thioether (sulfide) groups is 1. The maximum Gasteiger partial charge on any atom is 0.344 e. The zero-order chi connectivity index (χ0) is 24.8. The van der Waals surface area contributed by atoms with Crippen molar-refractivity contribution in [2.75, 3.05) is 13.2 Å². The summed E-state index contributed by atoms with van der Waals surface area (Å²) >= 11 is 13.5. The molecule has 0 saturated carbocycles. The Labute approximate surface area is 211 Å². The van der Waals surface area contributed by atoms with E-state index in [0.717, 1.165) is 17.3 Å². The van der Waals surface area contributed by atoms with E-state index < -0.39 is 11.9 Å². The highest BCUT2D eigenvalue weighted by molar-refractivity contribution is 8.18. The maximum absolute atomic E-state index is 12.7. The summed E-state index contributed by atoms with van der Waals surface area (Å²) in [5.74, 6) is 0.859. The fourth-order valence-electron chi connectivity index (χ4n) is 2.91. The van der Waals surface area contributed by atoms with Crippen molar-refractivity contribution >= 4 is 58.0 Å². The summed E-state index contributed by atoms with van der Waals surface area (Å²) in [6, 6.07) is 9.97. The van der Waals surface area contributed by atoms with E-state index in [1.165, 1.54) is 0 Å². The standard InChI is InChI=1S/C25H19Cl2NO5S/c1-4-10-33-22-17(26)11-15(12-18(22)27)13-19-21(29)20(25(31)32-5-2)24(34-19)28-23(30)16-8-6-14(3)7-9-16/h1,6-9,11-13,29H,5,10H2,2-3H3/b19-13-,28-24?. The van der Waals surface area contributed by atoms with E-state index in [9.17, 15) is 14.7 Å². The predicted octanol–water partition coefficient (Wildman–Crippen LogP) is 6.02. The van der Waals surface area contributed by atoms with Crippen molar-refractivity contribution in [3.8, 4) is 18.1 Å². The molecule has 0 saturated heterocycles. The molecule has 0 aromatic heterocycles. The van der Waals surface area contributed by atoms with Crippen LogP contribution in [-0.2, 0) is 9.53 Å². The molecule has 1 heterocycles. The molecular weight excluding hydrogens is 497 g/mol. The number of aliphatic imine (C=N–C) groups is 1. The molecule has 6 nitrogen and oxygen atoms in total. The van der Waals surface area contributed by atoms with Crippen molar-refractivity contribution in [3.05, 3.63) is 79.4 Å². The monoisotopic (exact) mass is 515 g/mol. The van der Waals surface area contributed by atoms with Gasteiger partial charge in [0.25, 0.3) is 5.91 Å². The molecule has 0 aliphatic carbocycles. The van der Waals surface area contributed by atoms with Gasteiger partial charge in [-0.1, -0.05) is 58.6 Å². The number of carbonyl (C=O) groups excluding carboxylic acids is 2. The van der Waals surface area contributed by atoms with Gasteiger partial charge in [-0.25, -0.2) is 9.79 Å². The highest BCUT2D eigenvalue weighted by atomic mass is 35.5. The SMILES string of the molecule is C#CCOc1c(Cl)cc(/C=C2\SC(=NC(=O)c3ccc(C)cc3)C(C(=O)OCC)=C2O)cc1Cl. The second kappa shape index (κ2) is 11.3. The number of terminal acetylenes is 1. The number of benzene rings is 2. The van der Waals surface area contributed by atoms with Crippen LogP contribution >= 0.6 is 35.0 Å². The second-order valence-corrected chi connectivity index (χ2v) is 8.79. The molecule has 2 aromatic carbocycles. The molecule has 34 heavy (non-hydrogen) atoms. The quantitative estimate of drug-likeness (QED) is 0.374. The summed E-state index contributed by atoms with van der Waals surface area (Å²) in [6.07, 6.45) is 6.76. The molecule has 0 spiro atoms. The first-order chi connectivity index (χ1) is 16.2. The summed E-state index contributed by atoms with van der Waals surface area (Å²) < 4.78 is 10.4. The molecule has 174 valence electrons. The zero-order valence-electron chi connectivity index (χ0n) is 18.2. The van der Waals surface area contributed by atoms with Gasteiger partial charge in [0.1, 0.15) is 23.0 Å². The molecule has 1 N–H and O–H groups in total. The number of esters is 1. The third-order valence-electron chi connectivity index (χ3n) is 4.49. The van der Waals surface area contributed by atoms with Gasteiger partial charge in [0, 0.05) is 5.56 Å². The molecule has 1 amide bonds. The van der Waals surface area contributed by atoms with Crippen LogP contribution in [0.3, 0.4) is 0 Å². The van der Waals surface area contributed by atoms with Gasteiger partial charge >= 0.3 is 5.97 Å². The number of ether oxygens (including phenoxy) is 2. The number of aliphatic hydroxyl groups excluding tert-OH is 1. The minimum Gasteiger partial charge on any atom is -0.506 e. The molecule has 0 fully saturated rings. The van der Waals surface area contributed by atoms with Crippen molar-refractivity contribution in [3.63, 3.8) is 0 Å². The first-order valence-electron chi connectivity index (χ1n) is 10.0. The normalized spacial score (nSPS) is 15.5. The number of nitrogens with zero attached hydrogens (tertiary/aromatic N) is 1. The average molecular weight is 516 g/mol. The zero-order valence-corrected chi connectivity index (χ0v) is 20.6. The van der Waals surface area contributed by atoms with E-state index in [0.29, 0.717) is 11.1 Å². The molecule has 0 atom stereocenters. The van der Waals surface area contributed by atoms with Gasteiger partial charge in [-0.15, -0.1) is 6.42 Å². The Morgan fingerprint density at radius 2 is 1.85 bits per heavy atom. The number of carbonyl (C=O) groups is 2. The van der Waals surface area contributed by atoms with Gasteiger partial charge in [0.2, 0.25) is 0 Å². The lowest BCUT2D eigenvalue weighted by Crippen LogP contribution is -2.14. The number of aryl methyl sites for hydroxylation is 1. The van der Waals surface area contributed by atoms with Crippen molar-refractivity contribution in [2.45, 2.75) is 13.8 Å². The molecule has 2 aromatic rings. The van der Waals surface area contributed by atoms with Gasteiger partial charge in [0.15, 0.2) is 5.75 Å². The van der Waals surface area contributed by atoms with Crippen LogP contribution in [0, 0.1) is 19.3 Å². The highest BCUT2D eigenvalue weighted by Gasteiger charge is 2.34. The summed E-state index contributed by atoms with van der Waals surface area (Å²) in [5, 5.41) is 11.3. The summed E-state index contributed by atoms with van der Waals surface area (Å²) in [6.45, 7) is 3.62. The van der Waals surface area contributed by atoms with Crippen LogP contribution in [0.5, 0.6) is 5.75 Å². The van der Waals surface area contributed by atoms with Gasteiger partial charge in [-0.2, -0.15) is 0 Å². The number of rotatable bonds is 6. The summed E-state index contributed by atoms with van der Waals surface area (Å²) in [4.78, 5) is 29.6. The third kappa shape index (κ3) is 5.84. The lowest BCUT2D eigenvalue weighted by Gasteiger charge is -2.09. The summed E-state index contributed by atoms with van der Waals surface area (Å²) in [7, 11) is 0. The Morgan fingerprint density at radius 1 is 1.21 bits per heavy atom. The van der Waals surface area contributed by atoms with E-state index in [4.69, 9.17) is 39.1 Å². The van der Waals surface area contributed by atoms with E-state index in [2.05, 4.69) is 10.9 Å². The van der Waals surface area contributed by atoms with E-state index >= 15 is 0 Å². The van der Waals surface area contributed by atoms with Crippen molar-refractivity contribution in [2.24, 2.45) is 4.99 Å². The lowest BCUT2D eigenvalue weighted by atomic mass is 10.1. The minimum absolute atomic E-state index is 0.00299. The number of amides is 1. The Bertz CT molecular complexity index is 1250. The van der Waals surface area contributed by atoms with Crippen molar-refractivity contribution < 1.29 is 24.2 Å². The molecule has 0 radical (unpaired) electrons. The van der Waals surface area contributed by atoms with E-state index in [-0.39, 0.29) is 50.3 Å². The minimum atomic E-state index is -0.791. The Morgan fingerprint density at radius 3 is 2.44 bits per heavy atom. The highest BCUT2D eigenvalue weighted by Crippen LogP contribution is 2.41. The van der Waals surface area contributed by atoms with Crippen LogP contribution in [0.1, 0.15) is 28.4 Å². The first-order valence-corrected chi connectivity index (χ1v) is 11.6. The molecule has 9 heteroatoms. The smallest absolute Gasteiger partial charge is 0.344 e. The van der Waals surface area contributed by atoms with E-state index in [1.807, 2.05) is 6.92 Å². The van der Waals surface area contributed by atoms with Crippen LogP contribution in [-0.4, -0.2) is 35.2 Å². The third-order valence-corrected chi connectivity index (χ3v) is 6.07. The fraction of sp³-hybridized carbons (Fsp3) is 0.160. The average Bonchev–Trinajstić information content (AvgIpc) is 3.08. The molecular formula is C25H19Cl2NO5S. The molecule has 3 rings (SSSR count). The topological polar surface area (TPSA) is 85.2 Å². The van der Waals surface area contributed by atoms with Crippen molar-refractivity contribution in [1.82, 2.24) is 0 Å². The Kier molecular flexibility index (Phi) is 8.46. The maximum atomic E-state index is 12.7. The Hall–Kier alpha value is -3.18. The first kappa shape index (κ1) is 25.4. The van der Waals surface area contributed by atoms with Crippen LogP contribution < -0.4 is 4.74 Å². The molecule has 0 bridgehead atoms. The van der Waals surface area contributed by atoms with E-state index in [1.54, 1.807) is 49.4 Å². The fourth-order valence-corrected chi connectivity index (χ4v) is 4.54. The van der Waals surface area contributed by atoms with Gasteiger partial charge in [-0.05, 0) is 49.8 Å². The van der Waals surface area contributed by atoms with Gasteiger partial charge < -0.3 is 14.6 Å². The molecule has 0 unspecified atom stereocenters. The van der Waals surface area contributed by atoms with Gasteiger partial charge in [-0.3, -0.25) is 4.79 Å². The van der Waals surface area contributed by atoms with Crippen LogP contribution in [0.2, 0.25) is 10.0 Å². The van der Waals surface area contributed by atoms with Crippen LogP contribution in [0.4, 0.5) is 0 Å². The number of aliphatic hydroxyl groups is 1. The van der Waals surface area contributed by atoms with Crippen molar-refractivity contribution in [1.29, 1.82) is 0 Å². The largest absolute Gasteiger partial charge is 0.506 e. The lowest BCUT2D eigenvalue weighted by molar-refractivity contribution is -0.138. The van der Waals surface area contributed by atoms with Gasteiger partial charge in [0.05, 0.1) is 21.6 Å². The molecule has 1 aliphatic rings. The number of halogens is 2. The van der Waals surface area contributed by atoms with Crippen LogP contribution in [0.25, 0.3) is 6.08 Å². The summed E-state index contributed by atoms with van der Waals surface area (Å²) in [5.41, 5.74) is 1.67. The number of hydrogen-bond acceptors (Lipinski definition) is 6. The second-order valence-electron chi connectivity index (χ2n) is 6.95. The number of hydrogen-bond donors (Lipinski definition) is 1. The predicted molar refractivity (Wildman–Crippen MR) is 136 cm³/mol. The Balaban J connectivity index is 2.00. The molecule has 1 aliphatic heterocycles.